The highest BCUT2D eigenvalue weighted by molar-refractivity contribution is 5.95. The van der Waals surface area contributed by atoms with Gasteiger partial charge in [0.05, 0.1) is 30.8 Å². The van der Waals surface area contributed by atoms with Crippen LogP contribution in [0.15, 0.2) is 48.5 Å². The van der Waals surface area contributed by atoms with E-state index in [1.165, 1.54) is 18.4 Å². The zero-order valence-electron chi connectivity index (χ0n) is 28.1. The van der Waals surface area contributed by atoms with Gasteiger partial charge in [0.15, 0.2) is 13.1 Å². The van der Waals surface area contributed by atoms with Crippen LogP contribution in [0.1, 0.15) is 98.2 Å². The number of aliphatic carboxylic acids is 1. The summed E-state index contributed by atoms with van der Waals surface area (Å²) in [5.74, 6) is -2.70. The Kier molecular flexibility index (Phi) is 14.5. The smallest absolute Gasteiger partial charge is 0.416 e. The third kappa shape index (κ3) is 11.8. The molecule has 2 aromatic carbocycles. The maximum absolute atomic E-state index is 13.9. The second kappa shape index (κ2) is 17.9. The van der Waals surface area contributed by atoms with Crippen LogP contribution in [-0.2, 0) is 33.1 Å². The lowest BCUT2D eigenvalue weighted by Crippen LogP contribution is -2.65. The van der Waals surface area contributed by atoms with Crippen molar-refractivity contribution in [3.63, 3.8) is 0 Å². The summed E-state index contributed by atoms with van der Waals surface area (Å²) >= 11 is 0. The molecule has 2 aromatic rings. The Balaban J connectivity index is 1.98. The zero-order chi connectivity index (χ0) is 36.2. The molecule has 49 heavy (non-hydrogen) atoms. The molecule has 3 rings (SSSR count). The van der Waals surface area contributed by atoms with E-state index >= 15 is 0 Å². The first kappa shape index (κ1) is 39.8. The Morgan fingerprint density at radius 2 is 1.43 bits per heavy atom. The fraction of sp³-hybridized carbons (Fsp3) is 0.583. The number of esters is 1. The highest BCUT2D eigenvalue weighted by Crippen LogP contribution is 2.38. The number of nitrogens with zero attached hydrogens (tertiary/aromatic N) is 2. The van der Waals surface area contributed by atoms with Crippen LogP contribution in [0, 0.1) is 0 Å². The van der Waals surface area contributed by atoms with Crippen molar-refractivity contribution in [1.29, 1.82) is 0 Å². The third-order valence-electron chi connectivity index (χ3n) is 9.45. The summed E-state index contributed by atoms with van der Waals surface area (Å²) in [7, 11) is 1.22. The molecule has 272 valence electrons. The Labute approximate surface area is 283 Å². The number of hydrogen-bond donors (Lipinski definition) is 1. The highest BCUT2D eigenvalue weighted by atomic mass is 19.4. The predicted octanol–water partition coefficient (Wildman–Crippen LogP) is 8.16. The molecule has 0 aliphatic carbocycles. The average Bonchev–Trinajstić information content (AvgIpc) is 3.04. The summed E-state index contributed by atoms with van der Waals surface area (Å²) < 4.78 is 86.8. The second-order valence-corrected chi connectivity index (χ2v) is 13.0. The number of benzene rings is 2. The van der Waals surface area contributed by atoms with Crippen LogP contribution >= 0.6 is 0 Å². The predicted molar refractivity (Wildman–Crippen MR) is 172 cm³/mol. The molecule has 1 heterocycles. The third-order valence-corrected chi connectivity index (χ3v) is 9.45. The molecule has 3 atom stereocenters. The first-order valence-electron chi connectivity index (χ1n) is 16.9. The van der Waals surface area contributed by atoms with Gasteiger partial charge in [0.1, 0.15) is 0 Å². The van der Waals surface area contributed by atoms with E-state index in [-0.39, 0.29) is 49.4 Å². The van der Waals surface area contributed by atoms with Gasteiger partial charge in [0.25, 0.3) is 5.91 Å². The standard InChI is InChI=1S/C36H46F6N2O5/c1-3-4-5-6-7-8-9-13-18-44(24-32(45)46,25-33(47)49-2)31-16-17-43(30(23-31)19-26-14-11-10-12-15-26)34(48)27-20-28(35(37,38)39)22-29(21-27)36(40,41)42/h10-12,14-15,20-22,30-31H,3-9,13,16-19,23-25H2,1-2H3/p+1/t30-,31+,44?/m1/s1. The molecule has 1 unspecified atom stereocenters. The van der Waals surface area contributed by atoms with Gasteiger partial charge in [-0.05, 0) is 43.0 Å². The summed E-state index contributed by atoms with van der Waals surface area (Å²) in [6.45, 7) is 1.83. The molecule has 0 saturated carbocycles. The van der Waals surface area contributed by atoms with Gasteiger partial charge in [-0.25, -0.2) is 9.59 Å². The fourth-order valence-electron chi connectivity index (χ4n) is 6.92. The monoisotopic (exact) mass is 701 g/mol. The number of carbonyl (C=O) groups is 3. The van der Waals surface area contributed by atoms with Gasteiger partial charge < -0.3 is 19.2 Å². The number of alkyl halides is 6. The molecule has 0 bridgehead atoms. The Morgan fingerprint density at radius 1 is 0.857 bits per heavy atom. The van der Waals surface area contributed by atoms with Crippen LogP contribution < -0.4 is 0 Å². The van der Waals surface area contributed by atoms with Gasteiger partial charge in [0, 0.05) is 31.0 Å². The summed E-state index contributed by atoms with van der Waals surface area (Å²) in [5, 5.41) is 10.0. The summed E-state index contributed by atoms with van der Waals surface area (Å²) in [5.41, 5.74) is -3.13. The summed E-state index contributed by atoms with van der Waals surface area (Å²) in [6.07, 6.45) is -1.64. The van der Waals surface area contributed by atoms with Crippen molar-refractivity contribution in [2.24, 2.45) is 0 Å². The number of quaternary nitrogens is 1. The van der Waals surface area contributed by atoms with Crippen LogP contribution in [0.25, 0.3) is 0 Å². The first-order chi connectivity index (χ1) is 23.1. The van der Waals surface area contributed by atoms with E-state index in [9.17, 15) is 45.8 Å². The number of likely N-dealkylation sites (tertiary alicyclic amines) is 1. The van der Waals surface area contributed by atoms with Gasteiger partial charge in [-0.1, -0.05) is 75.8 Å². The van der Waals surface area contributed by atoms with E-state index in [4.69, 9.17) is 4.74 Å². The highest BCUT2D eigenvalue weighted by Gasteiger charge is 2.46. The minimum atomic E-state index is -5.12. The lowest BCUT2D eigenvalue weighted by atomic mass is 9.88. The number of rotatable bonds is 17. The lowest BCUT2D eigenvalue weighted by molar-refractivity contribution is -0.940. The first-order valence-corrected chi connectivity index (χ1v) is 16.9. The maximum atomic E-state index is 13.9. The molecule has 1 saturated heterocycles. The number of hydrogen-bond acceptors (Lipinski definition) is 4. The normalized spacial score (nSPS) is 18.2. The minimum absolute atomic E-state index is 0.0137. The average molecular weight is 702 g/mol. The minimum Gasteiger partial charge on any atom is -0.477 e. The Bertz CT molecular complexity index is 1350. The molecule has 1 N–H and O–H groups in total. The maximum Gasteiger partial charge on any atom is 0.416 e. The number of carboxylic acid groups (broad SMARTS) is 1. The molecule has 0 spiro atoms. The van der Waals surface area contributed by atoms with Gasteiger partial charge in [-0.3, -0.25) is 4.79 Å². The lowest BCUT2D eigenvalue weighted by Gasteiger charge is -2.49. The zero-order valence-corrected chi connectivity index (χ0v) is 28.1. The number of ether oxygens (including phenoxy) is 1. The summed E-state index contributed by atoms with van der Waals surface area (Å²) in [6, 6.07) is 8.63. The van der Waals surface area contributed by atoms with Crippen LogP contribution in [0.3, 0.4) is 0 Å². The Hall–Kier alpha value is -3.61. The molecular weight excluding hydrogens is 654 g/mol. The van der Waals surface area contributed by atoms with Crippen molar-refractivity contribution in [2.45, 2.75) is 102 Å². The molecule has 1 aliphatic heterocycles. The van der Waals surface area contributed by atoms with Gasteiger partial charge in [0.2, 0.25) is 0 Å². The number of methoxy groups -OCH3 is 1. The summed E-state index contributed by atoms with van der Waals surface area (Å²) in [4.78, 5) is 40.2. The molecular formula is C36H47F6N2O5+. The molecule has 1 fully saturated rings. The molecule has 13 heteroatoms. The van der Waals surface area contributed by atoms with E-state index in [0.717, 1.165) is 44.1 Å². The molecule has 1 aliphatic rings. The van der Waals surface area contributed by atoms with Crippen LogP contribution in [0.2, 0.25) is 0 Å². The largest absolute Gasteiger partial charge is 0.477 e. The number of unbranched alkanes of at least 4 members (excludes halogenated alkanes) is 7. The SMILES string of the molecule is CCCCCCCCCC[N+](CC(=O)O)(CC(=O)OC)[C@H]1CCN(C(=O)c2cc(C(F)(F)F)cc(C(F)(F)F)c2)[C@H](Cc2ccccc2)C1. The van der Waals surface area contributed by atoms with E-state index in [2.05, 4.69) is 6.92 Å². The van der Waals surface area contributed by atoms with Crippen LogP contribution in [0.5, 0.6) is 0 Å². The van der Waals surface area contributed by atoms with Crippen LogP contribution in [0.4, 0.5) is 26.3 Å². The number of halogens is 6. The quantitative estimate of drug-likeness (QED) is 0.0779. The van der Waals surface area contributed by atoms with Gasteiger partial charge in [-0.15, -0.1) is 0 Å². The number of piperidine rings is 1. The molecule has 0 aromatic heterocycles. The van der Waals surface area contributed by atoms with Crippen molar-refractivity contribution in [2.75, 3.05) is 33.3 Å². The molecule has 1 amide bonds. The topological polar surface area (TPSA) is 83.9 Å². The van der Waals surface area contributed by atoms with Gasteiger partial charge >= 0.3 is 24.3 Å². The second-order valence-electron chi connectivity index (χ2n) is 13.0. The van der Waals surface area contributed by atoms with Crippen LogP contribution in [-0.4, -0.2) is 77.7 Å². The molecule has 0 radical (unpaired) electrons. The Morgan fingerprint density at radius 3 is 1.96 bits per heavy atom. The van der Waals surface area contributed by atoms with E-state index < -0.39 is 59.0 Å². The van der Waals surface area contributed by atoms with Gasteiger partial charge in [-0.2, -0.15) is 26.3 Å². The van der Waals surface area contributed by atoms with Crippen molar-refractivity contribution >= 4 is 17.8 Å². The number of carbonyl (C=O) groups excluding carboxylic acids is 2. The van der Waals surface area contributed by atoms with Crippen molar-refractivity contribution in [1.82, 2.24) is 4.90 Å². The molecule has 7 nitrogen and oxygen atoms in total. The van der Waals surface area contributed by atoms with E-state index in [1.54, 1.807) is 30.3 Å². The number of amides is 1. The van der Waals surface area contributed by atoms with E-state index in [1.807, 2.05) is 0 Å². The van der Waals surface area contributed by atoms with Crippen molar-refractivity contribution in [3.05, 3.63) is 70.8 Å². The fourth-order valence-corrected chi connectivity index (χ4v) is 6.92. The van der Waals surface area contributed by atoms with Crippen molar-refractivity contribution < 1.29 is 55.1 Å². The number of carboxylic acids is 1. The van der Waals surface area contributed by atoms with E-state index in [0.29, 0.717) is 25.1 Å². The van der Waals surface area contributed by atoms with Crippen molar-refractivity contribution in [3.8, 4) is 0 Å².